The van der Waals surface area contributed by atoms with E-state index in [4.69, 9.17) is 0 Å². The summed E-state index contributed by atoms with van der Waals surface area (Å²) in [5, 5.41) is 0. The van der Waals surface area contributed by atoms with Crippen LogP contribution in [0.5, 0.6) is 0 Å². The van der Waals surface area contributed by atoms with Gasteiger partial charge >= 0.3 is 0 Å². The monoisotopic (exact) mass is 334 g/mol. The number of halogens is 1. The van der Waals surface area contributed by atoms with Gasteiger partial charge in [0.15, 0.2) is 0 Å². The second-order valence-electron chi connectivity index (χ2n) is 4.88. The maximum atomic E-state index is 3.59. The zero-order valence-corrected chi connectivity index (χ0v) is 13.2. The maximum absolute atomic E-state index is 3.59. The van der Waals surface area contributed by atoms with Crippen LogP contribution in [-0.2, 0) is 0 Å². The van der Waals surface area contributed by atoms with Crippen molar-refractivity contribution in [2.75, 3.05) is 0 Å². The van der Waals surface area contributed by atoms with Gasteiger partial charge in [-0.3, -0.25) is 0 Å². The van der Waals surface area contributed by atoms with Gasteiger partial charge in [0.05, 0.1) is 0 Å². The molecule has 21 heavy (non-hydrogen) atoms. The van der Waals surface area contributed by atoms with Crippen LogP contribution in [0.3, 0.4) is 0 Å². The van der Waals surface area contributed by atoms with Crippen LogP contribution in [0.25, 0.3) is 5.57 Å². The van der Waals surface area contributed by atoms with Crippen molar-refractivity contribution in [3.8, 4) is 0 Å². The molecule has 1 heteroatoms. The van der Waals surface area contributed by atoms with Gasteiger partial charge in [0.25, 0.3) is 0 Å². The molecule has 0 atom stereocenters. The van der Waals surface area contributed by atoms with E-state index in [0.29, 0.717) is 0 Å². The Labute approximate surface area is 134 Å². The van der Waals surface area contributed by atoms with Crippen LogP contribution in [0.15, 0.2) is 94.7 Å². The molecule has 3 rings (SSSR count). The molecule has 0 aliphatic heterocycles. The zero-order valence-electron chi connectivity index (χ0n) is 11.6. The molecule has 1 aliphatic carbocycles. The quantitative estimate of drug-likeness (QED) is 0.601. The molecule has 0 aromatic heterocycles. The smallest absolute Gasteiger partial charge is 0.0312 e. The molecular weight excluding hydrogens is 320 g/mol. The third-order valence-corrected chi connectivity index (χ3v) is 3.96. The highest BCUT2D eigenvalue weighted by atomic mass is 79.9. The molecule has 0 saturated heterocycles. The van der Waals surface area contributed by atoms with Crippen LogP contribution >= 0.6 is 15.9 Å². The first-order valence-electron chi connectivity index (χ1n) is 6.97. The highest BCUT2D eigenvalue weighted by molar-refractivity contribution is 9.11. The van der Waals surface area contributed by atoms with Gasteiger partial charge in [-0.2, -0.15) is 0 Å². The lowest BCUT2D eigenvalue weighted by Crippen LogP contribution is -1.88. The molecule has 0 heterocycles. The molecule has 2 aromatic rings. The lowest BCUT2D eigenvalue weighted by Gasteiger charge is -2.07. The Bertz CT molecular complexity index is 701. The van der Waals surface area contributed by atoms with E-state index in [1.807, 2.05) is 12.1 Å². The first kappa shape index (κ1) is 13.9. The van der Waals surface area contributed by atoms with E-state index in [1.165, 1.54) is 16.7 Å². The molecule has 1 aliphatic rings. The van der Waals surface area contributed by atoms with Gasteiger partial charge in [-0.1, -0.05) is 82.7 Å². The minimum Gasteiger partial charge on any atom is -0.108 e. The first-order valence-corrected chi connectivity index (χ1v) is 7.76. The topological polar surface area (TPSA) is 0 Å². The Balaban J connectivity index is 2.14. The van der Waals surface area contributed by atoms with E-state index in [1.54, 1.807) is 0 Å². The summed E-state index contributed by atoms with van der Waals surface area (Å²) in [6, 6.07) is 20.9. The number of rotatable bonds is 2. The van der Waals surface area contributed by atoms with Crippen LogP contribution in [-0.4, -0.2) is 0 Å². The molecule has 0 radical (unpaired) electrons. The highest BCUT2D eigenvalue weighted by Crippen LogP contribution is 2.25. The molecule has 0 bridgehead atoms. The van der Waals surface area contributed by atoms with Crippen molar-refractivity contribution in [1.29, 1.82) is 0 Å². The van der Waals surface area contributed by atoms with Crippen molar-refractivity contribution < 1.29 is 0 Å². The van der Waals surface area contributed by atoms with Crippen molar-refractivity contribution in [3.63, 3.8) is 0 Å². The molecule has 0 nitrogen and oxygen atoms in total. The Hall–Kier alpha value is -2.08. The lowest BCUT2D eigenvalue weighted by molar-refractivity contribution is 1.27. The third kappa shape index (κ3) is 3.52. The van der Waals surface area contributed by atoms with Gasteiger partial charge in [0, 0.05) is 10.1 Å². The van der Waals surface area contributed by atoms with Crippen LogP contribution in [0.1, 0.15) is 17.5 Å². The summed E-state index contributed by atoms with van der Waals surface area (Å²) in [5.41, 5.74) is 8.31. The summed E-state index contributed by atoms with van der Waals surface area (Å²) >= 11 is 3.50. The van der Waals surface area contributed by atoms with Crippen molar-refractivity contribution >= 4 is 21.5 Å². The normalized spacial score (nSPS) is 13.6. The van der Waals surface area contributed by atoms with E-state index in [9.17, 15) is 0 Å². The SMILES string of the molecule is BrC1=CCC(=C=C(c2ccccc2)c2ccccc2)C=C1. The van der Waals surface area contributed by atoms with Gasteiger partial charge in [0.1, 0.15) is 0 Å². The van der Waals surface area contributed by atoms with Gasteiger partial charge < -0.3 is 0 Å². The molecule has 0 saturated carbocycles. The van der Waals surface area contributed by atoms with Crippen molar-refractivity contribution in [2.45, 2.75) is 6.42 Å². The Kier molecular flexibility index (Phi) is 4.35. The number of allylic oxidation sites excluding steroid dienone is 5. The number of benzene rings is 2. The Morgan fingerprint density at radius 1 is 0.810 bits per heavy atom. The second-order valence-corrected chi connectivity index (χ2v) is 5.80. The summed E-state index contributed by atoms with van der Waals surface area (Å²) < 4.78 is 1.13. The minimum absolute atomic E-state index is 0.903. The van der Waals surface area contributed by atoms with Gasteiger partial charge in [-0.05, 0) is 35.3 Å². The zero-order chi connectivity index (χ0) is 14.5. The number of hydrogen-bond acceptors (Lipinski definition) is 0. The summed E-state index contributed by atoms with van der Waals surface area (Å²) in [7, 11) is 0. The van der Waals surface area contributed by atoms with E-state index in [2.05, 4.69) is 88.4 Å². The van der Waals surface area contributed by atoms with Gasteiger partial charge in [0.2, 0.25) is 0 Å². The molecule has 2 aromatic carbocycles. The highest BCUT2D eigenvalue weighted by Gasteiger charge is 2.05. The predicted molar refractivity (Wildman–Crippen MR) is 93.2 cm³/mol. The third-order valence-electron chi connectivity index (χ3n) is 3.37. The average molecular weight is 335 g/mol. The minimum atomic E-state index is 0.903. The lowest BCUT2D eigenvalue weighted by atomic mass is 9.97. The summed E-state index contributed by atoms with van der Waals surface area (Å²) in [5.74, 6) is 0. The summed E-state index contributed by atoms with van der Waals surface area (Å²) in [6.45, 7) is 0. The standard InChI is InChI=1S/C20H15Br/c21-19-13-11-16(12-14-19)15-20(17-7-3-1-4-8-17)18-9-5-2-6-10-18/h1-11,13-14H,12H2. The molecule has 0 fully saturated rings. The van der Waals surface area contributed by atoms with Crippen LogP contribution < -0.4 is 0 Å². The summed E-state index contributed by atoms with van der Waals surface area (Å²) in [6.07, 6.45) is 7.26. The van der Waals surface area contributed by atoms with E-state index in [-0.39, 0.29) is 0 Å². The average Bonchev–Trinajstić information content (AvgIpc) is 2.56. The maximum Gasteiger partial charge on any atom is 0.0312 e. The molecular formula is C20H15Br. The fraction of sp³-hybridized carbons (Fsp3) is 0.0500. The molecule has 0 amide bonds. The van der Waals surface area contributed by atoms with Gasteiger partial charge in [-0.15, -0.1) is 5.73 Å². The summed E-state index contributed by atoms with van der Waals surface area (Å²) in [4.78, 5) is 0. The molecule has 102 valence electrons. The van der Waals surface area contributed by atoms with Crippen molar-refractivity contribution in [1.82, 2.24) is 0 Å². The second kappa shape index (κ2) is 6.58. The Morgan fingerprint density at radius 2 is 1.38 bits per heavy atom. The fourth-order valence-corrected chi connectivity index (χ4v) is 2.59. The molecule has 0 spiro atoms. The van der Waals surface area contributed by atoms with E-state index in [0.717, 1.165) is 16.5 Å². The van der Waals surface area contributed by atoms with Crippen molar-refractivity contribution in [3.05, 3.63) is 106 Å². The predicted octanol–water partition coefficient (Wildman–Crippen LogP) is 5.88. The first-order chi connectivity index (χ1) is 10.3. The van der Waals surface area contributed by atoms with Crippen LogP contribution in [0.2, 0.25) is 0 Å². The van der Waals surface area contributed by atoms with E-state index >= 15 is 0 Å². The fourth-order valence-electron chi connectivity index (χ4n) is 2.30. The van der Waals surface area contributed by atoms with Crippen LogP contribution in [0.4, 0.5) is 0 Å². The largest absolute Gasteiger partial charge is 0.108 e. The van der Waals surface area contributed by atoms with Crippen molar-refractivity contribution in [2.24, 2.45) is 0 Å². The number of hydrogen-bond donors (Lipinski definition) is 0. The Morgan fingerprint density at radius 3 is 1.86 bits per heavy atom. The van der Waals surface area contributed by atoms with E-state index < -0.39 is 0 Å². The van der Waals surface area contributed by atoms with Crippen LogP contribution in [0, 0.1) is 0 Å². The molecule has 0 N–H and O–H groups in total. The molecule has 0 unspecified atom stereocenters. The van der Waals surface area contributed by atoms with Gasteiger partial charge in [-0.25, -0.2) is 0 Å².